The van der Waals surface area contributed by atoms with Crippen LogP contribution in [0.5, 0.6) is 0 Å². The molecule has 4 aromatic rings. The molecule has 0 saturated heterocycles. The molecular weight excluding hydrogens is 292 g/mol. The van der Waals surface area contributed by atoms with Crippen molar-refractivity contribution < 1.29 is 0 Å². The van der Waals surface area contributed by atoms with Crippen LogP contribution >= 0.6 is 0 Å². The summed E-state index contributed by atoms with van der Waals surface area (Å²) >= 11 is 0. The van der Waals surface area contributed by atoms with Crippen LogP contribution in [0.3, 0.4) is 0 Å². The Morgan fingerprint density at radius 3 is 1.38 bits per heavy atom. The third-order valence-electron chi connectivity index (χ3n) is 4.39. The first-order chi connectivity index (χ1) is 11.9. The lowest BCUT2D eigenvalue weighted by Crippen LogP contribution is -2.37. The number of benzene rings is 3. The van der Waals surface area contributed by atoms with E-state index in [-0.39, 0.29) is 0 Å². The highest BCUT2D eigenvalue weighted by molar-refractivity contribution is 5.50. The maximum atomic E-state index is 4.27. The largest absolute Gasteiger partial charge is 0.310 e. The van der Waals surface area contributed by atoms with E-state index in [0.717, 1.165) is 0 Å². The van der Waals surface area contributed by atoms with Crippen LogP contribution in [0.4, 0.5) is 0 Å². The van der Waals surface area contributed by atoms with Crippen LogP contribution in [0.1, 0.15) is 16.7 Å². The predicted molar refractivity (Wildman–Crippen MR) is 95.7 cm³/mol. The fourth-order valence-corrected chi connectivity index (χ4v) is 3.37. The molecule has 0 saturated carbocycles. The van der Waals surface area contributed by atoms with Gasteiger partial charge in [0, 0.05) is 0 Å². The molecule has 3 aromatic carbocycles. The summed E-state index contributed by atoms with van der Waals surface area (Å²) < 4.78 is 2.06. The van der Waals surface area contributed by atoms with Gasteiger partial charge in [0.25, 0.3) is 0 Å². The summed E-state index contributed by atoms with van der Waals surface area (Å²) in [4.78, 5) is 4.27. The molecule has 24 heavy (non-hydrogen) atoms. The molecule has 0 aliphatic carbocycles. The van der Waals surface area contributed by atoms with Crippen molar-refractivity contribution in [3.63, 3.8) is 0 Å². The van der Waals surface area contributed by atoms with Crippen LogP contribution in [-0.2, 0) is 5.54 Å². The summed E-state index contributed by atoms with van der Waals surface area (Å²) in [7, 11) is 0. The molecule has 2 nitrogen and oxygen atoms in total. The minimum atomic E-state index is -0.500. The van der Waals surface area contributed by atoms with Crippen molar-refractivity contribution in [2.24, 2.45) is 0 Å². The Hall–Kier alpha value is -3.13. The first kappa shape index (κ1) is 14.5. The highest BCUT2D eigenvalue weighted by Gasteiger charge is 2.37. The Bertz CT molecular complexity index is 786. The van der Waals surface area contributed by atoms with Crippen molar-refractivity contribution in [2.75, 3.05) is 0 Å². The van der Waals surface area contributed by atoms with Gasteiger partial charge in [-0.3, -0.25) is 0 Å². The van der Waals surface area contributed by atoms with Crippen LogP contribution in [-0.4, -0.2) is 9.55 Å². The molecule has 0 amide bonds. The lowest BCUT2D eigenvalue weighted by atomic mass is 9.77. The first-order valence-corrected chi connectivity index (χ1v) is 7.99. The van der Waals surface area contributed by atoms with Crippen molar-refractivity contribution >= 4 is 0 Å². The quantitative estimate of drug-likeness (QED) is 0.507. The van der Waals surface area contributed by atoms with Crippen molar-refractivity contribution in [1.82, 2.24) is 9.55 Å². The summed E-state index contributed by atoms with van der Waals surface area (Å²) in [5.41, 5.74) is 3.03. The van der Waals surface area contributed by atoms with Gasteiger partial charge >= 0.3 is 0 Å². The molecule has 0 atom stereocenters. The molecule has 0 aliphatic rings. The van der Waals surface area contributed by atoms with Gasteiger partial charge in [-0.05, 0) is 16.7 Å². The van der Waals surface area contributed by atoms with Gasteiger partial charge in [0.15, 0.2) is 0 Å². The summed E-state index contributed by atoms with van der Waals surface area (Å²) in [5.74, 6) is 0. The third kappa shape index (κ3) is 2.24. The van der Waals surface area contributed by atoms with Crippen molar-refractivity contribution in [3.05, 3.63) is 126 Å². The first-order valence-electron chi connectivity index (χ1n) is 7.99. The van der Waals surface area contributed by atoms with Gasteiger partial charge < -0.3 is 4.57 Å². The summed E-state index contributed by atoms with van der Waals surface area (Å²) in [6.45, 7) is 0. The second-order valence-corrected chi connectivity index (χ2v) is 5.70. The lowest BCUT2D eigenvalue weighted by molar-refractivity contribution is 0.511. The monoisotopic (exact) mass is 309 g/mol. The minimum absolute atomic E-state index is 0.500. The van der Waals surface area contributed by atoms with Gasteiger partial charge in [0.2, 0.25) is 0 Å². The average Bonchev–Trinajstić information content (AvgIpc) is 3.20. The van der Waals surface area contributed by atoms with E-state index in [0.29, 0.717) is 0 Å². The maximum absolute atomic E-state index is 4.27. The molecule has 0 aliphatic heterocycles. The highest BCUT2D eigenvalue weighted by Crippen LogP contribution is 2.40. The molecule has 0 N–H and O–H groups in total. The molecular formula is C22H17N2. The van der Waals surface area contributed by atoms with E-state index in [1.165, 1.54) is 16.7 Å². The van der Waals surface area contributed by atoms with Gasteiger partial charge in [-0.15, -0.1) is 0 Å². The van der Waals surface area contributed by atoms with E-state index in [9.17, 15) is 0 Å². The zero-order chi connectivity index (χ0) is 16.2. The van der Waals surface area contributed by atoms with Gasteiger partial charge in [0.1, 0.15) is 5.54 Å². The van der Waals surface area contributed by atoms with Crippen molar-refractivity contribution in [1.29, 1.82) is 0 Å². The van der Waals surface area contributed by atoms with E-state index >= 15 is 0 Å². The predicted octanol–water partition coefficient (Wildman–Crippen LogP) is 4.52. The topological polar surface area (TPSA) is 17.8 Å². The fraction of sp³-hybridized carbons (Fsp3) is 0.0455. The van der Waals surface area contributed by atoms with E-state index in [1.807, 2.05) is 24.5 Å². The molecule has 0 spiro atoms. The Kier molecular flexibility index (Phi) is 3.72. The zero-order valence-corrected chi connectivity index (χ0v) is 13.2. The Morgan fingerprint density at radius 1 is 0.625 bits per heavy atom. The minimum Gasteiger partial charge on any atom is -0.310 e. The third-order valence-corrected chi connectivity index (χ3v) is 4.39. The van der Waals surface area contributed by atoms with Gasteiger partial charge in [-0.1, -0.05) is 91.0 Å². The van der Waals surface area contributed by atoms with Crippen molar-refractivity contribution in [3.8, 4) is 0 Å². The standard InChI is InChI=1S/C22H17N2/c1-4-10-19(11-5-1)22(24-17-16-23-18-24,20-12-6-2-7-13-20)21-14-8-3-9-15-21/h1-16,18H. The second kappa shape index (κ2) is 6.17. The number of hydrogen-bond donors (Lipinski definition) is 0. The van der Waals surface area contributed by atoms with Gasteiger partial charge in [-0.25, -0.2) is 4.98 Å². The molecule has 4 rings (SSSR count). The highest BCUT2D eigenvalue weighted by atomic mass is 15.1. The lowest BCUT2D eigenvalue weighted by Gasteiger charge is -2.37. The maximum Gasteiger partial charge on any atom is 0.122 e. The summed E-state index contributed by atoms with van der Waals surface area (Å²) in [6.07, 6.45) is 6.83. The van der Waals surface area contributed by atoms with E-state index < -0.39 is 5.54 Å². The van der Waals surface area contributed by atoms with Crippen LogP contribution in [0.2, 0.25) is 0 Å². The molecule has 0 fully saturated rings. The molecule has 0 bridgehead atoms. The number of nitrogens with zero attached hydrogens (tertiary/aromatic N) is 2. The van der Waals surface area contributed by atoms with Gasteiger partial charge in [0.05, 0.1) is 18.7 Å². The number of imidazole rings is 1. The Labute approximate surface area is 142 Å². The van der Waals surface area contributed by atoms with Crippen LogP contribution < -0.4 is 0 Å². The fourth-order valence-electron chi connectivity index (χ4n) is 3.37. The number of rotatable bonds is 4. The molecule has 1 radical (unpaired) electrons. The molecule has 1 aromatic heterocycles. The van der Waals surface area contributed by atoms with Gasteiger partial charge in [-0.2, -0.15) is 0 Å². The van der Waals surface area contributed by atoms with E-state index in [4.69, 9.17) is 0 Å². The zero-order valence-electron chi connectivity index (χ0n) is 13.2. The smallest absolute Gasteiger partial charge is 0.122 e. The Morgan fingerprint density at radius 2 is 1.04 bits per heavy atom. The van der Waals surface area contributed by atoms with Crippen LogP contribution in [0.15, 0.2) is 104 Å². The summed E-state index contributed by atoms with van der Waals surface area (Å²) in [5, 5.41) is 0. The Balaban J connectivity index is 2.12. The number of hydrogen-bond acceptors (Lipinski definition) is 1. The van der Waals surface area contributed by atoms with Crippen LogP contribution in [0, 0.1) is 6.20 Å². The number of aromatic nitrogens is 2. The SMILES string of the molecule is [c]1cncn1C(c1ccccc1)(c1ccccc1)c1ccccc1. The van der Waals surface area contributed by atoms with Crippen LogP contribution in [0.25, 0.3) is 0 Å². The molecule has 115 valence electrons. The van der Waals surface area contributed by atoms with Crippen molar-refractivity contribution in [2.45, 2.75) is 5.54 Å². The normalized spacial score (nSPS) is 11.3. The average molecular weight is 309 g/mol. The summed E-state index contributed by atoms with van der Waals surface area (Å²) in [6, 6.07) is 31.6. The molecule has 0 unspecified atom stereocenters. The van der Waals surface area contributed by atoms with E-state index in [2.05, 4.69) is 88.5 Å². The molecule has 2 heteroatoms. The molecule has 1 heterocycles. The van der Waals surface area contributed by atoms with E-state index in [1.54, 1.807) is 6.20 Å². The second-order valence-electron chi connectivity index (χ2n) is 5.70.